The van der Waals surface area contributed by atoms with Crippen molar-refractivity contribution in [1.29, 1.82) is 5.26 Å². The number of hydrogen-bond donors (Lipinski definition) is 2. The molecule has 2 amide bonds. The van der Waals surface area contributed by atoms with Gasteiger partial charge in [0.1, 0.15) is 17.4 Å². The van der Waals surface area contributed by atoms with Crippen molar-refractivity contribution >= 4 is 17.5 Å². The molecule has 0 fully saturated rings. The molecular formula is C24H20N4O3. The van der Waals surface area contributed by atoms with Gasteiger partial charge in [0.25, 0.3) is 5.91 Å². The molecule has 2 aromatic carbocycles. The van der Waals surface area contributed by atoms with Crippen molar-refractivity contribution in [3.63, 3.8) is 0 Å². The van der Waals surface area contributed by atoms with Crippen LogP contribution in [0.1, 0.15) is 29.7 Å². The van der Waals surface area contributed by atoms with Gasteiger partial charge in [0.05, 0.1) is 18.2 Å². The normalized spacial score (nSPS) is 22.8. The van der Waals surface area contributed by atoms with Crippen molar-refractivity contribution < 1.29 is 14.3 Å². The predicted molar refractivity (Wildman–Crippen MR) is 113 cm³/mol. The van der Waals surface area contributed by atoms with Crippen LogP contribution in [0.2, 0.25) is 0 Å². The number of fused-ring (bicyclic) bond motifs is 3. The van der Waals surface area contributed by atoms with Crippen LogP contribution in [0.15, 0.2) is 71.3 Å². The van der Waals surface area contributed by atoms with Crippen molar-refractivity contribution in [2.24, 2.45) is 5.73 Å². The number of ether oxygens (including phenoxy) is 1. The van der Waals surface area contributed by atoms with Crippen LogP contribution < -0.4 is 11.1 Å². The lowest BCUT2D eigenvalue weighted by molar-refractivity contribution is -0.129. The first kappa shape index (κ1) is 18.9. The highest BCUT2D eigenvalue weighted by atomic mass is 16.5. The van der Waals surface area contributed by atoms with E-state index >= 15 is 0 Å². The number of benzene rings is 2. The fourth-order valence-corrected chi connectivity index (χ4v) is 4.79. The number of nitriles is 1. The lowest BCUT2D eigenvalue weighted by Gasteiger charge is -2.32. The second kappa shape index (κ2) is 6.47. The molecule has 7 heteroatoms. The third-order valence-electron chi connectivity index (χ3n) is 6.33. The molecule has 0 saturated heterocycles. The molecule has 5 rings (SSSR count). The molecule has 0 radical (unpaired) electrons. The molecule has 7 nitrogen and oxygen atoms in total. The van der Waals surface area contributed by atoms with Crippen molar-refractivity contribution in [2.45, 2.75) is 25.3 Å². The van der Waals surface area contributed by atoms with Gasteiger partial charge in [0, 0.05) is 11.3 Å². The van der Waals surface area contributed by atoms with Gasteiger partial charge in [-0.25, -0.2) is 0 Å². The van der Waals surface area contributed by atoms with Crippen LogP contribution in [0.25, 0.3) is 0 Å². The van der Waals surface area contributed by atoms with E-state index in [-0.39, 0.29) is 35.5 Å². The Morgan fingerprint density at radius 2 is 1.97 bits per heavy atom. The highest BCUT2D eigenvalue weighted by Gasteiger charge is 2.62. The molecule has 0 aliphatic carbocycles. The highest BCUT2D eigenvalue weighted by molar-refractivity contribution is 6.19. The summed E-state index contributed by atoms with van der Waals surface area (Å²) in [5, 5.41) is 12.8. The smallest absolute Gasteiger partial charge is 0.256 e. The van der Waals surface area contributed by atoms with E-state index in [0.29, 0.717) is 17.0 Å². The van der Waals surface area contributed by atoms with Gasteiger partial charge in [-0.15, -0.1) is 0 Å². The van der Waals surface area contributed by atoms with Gasteiger partial charge < -0.3 is 20.7 Å². The topological polar surface area (TPSA) is 108 Å². The molecule has 2 atom stereocenters. The summed E-state index contributed by atoms with van der Waals surface area (Å²) in [4.78, 5) is 28.9. The fourth-order valence-electron chi connectivity index (χ4n) is 4.79. The monoisotopic (exact) mass is 412 g/mol. The fraction of sp³-hybridized carbons (Fsp3) is 0.208. The quantitative estimate of drug-likeness (QED) is 0.788. The molecule has 3 aliphatic heterocycles. The highest BCUT2D eigenvalue weighted by Crippen LogP contribution is 2.54. The third kappa shape index (κ3) is 2.39. The predicted octanol–water partition coefficient (Wildman–Crippen LogP) is 2.77. The van der Waals surface area contributed by atoms with Crippen LogP contribution in [-0.4, -0.2) is 23.3 Å². The Hall–Kier alpha value is -4.05. The maximum Gasteiger partial charge on any atom is 0.256 e. The first-order chi connectivity index (χ1) is 14.9. The molecule has 3 N–H and O–H groups in total. The number of anilines is 1. The second-order valence-electron chi connectivity index (χ2n) is 8.02. The number of rotatable bonds is 2. The van der Waals surface area contributed by atoms with E-state index in [1.54, 1.807) is 11.0 Å². The molecule has 0 aromatic heterocycles. The second-order valence-corrected chi connectivity index (χ2v) is 8.02. The summed E-state index contributed by atoms with van der Waals surface area (Å²) < 4.78 is 5.75. The minimum atomic E-state index is -1.62. The van der Waals surface area contributed by atoms with E-state index < -0.39 is 11.3 Å². The van der Waals surface area contributed by atoms with Crippen molar-refractivity contribution in [3.8, 4) is 6.07 Å². The summed E-state index contributed by atoms with van der Waals surface area (Å²) in [5.74, 6) is -0.636. The van der Waals surface area contributed by atoms with E-state index in [9.17, 15) is 14.9 Å². The third-order valence-corrected chi connectivity index (χ3v) is 6.33. The summed E-state index contributed by atoms with van der Waals surface area (Å²) >= 11 is 0. The zero-order valence-corrected chi connectivity index (χ0v) is 17.1. The Labute approximate surface area is 179 Å². The minimum Gasteiger partial charge on any atom is -0.442 e. The Kier molecular flexibility index (Phi) is 3.96. The molecule has 31 heavy (non-hydrogen) atoms. The number of nitrogens with zero attached hydrogens (tertiary/aromatic N) is 2. The first-order valence-electron chi connectivity index (χ1n) is 10.00. The van der Waals surface area contributed by atoms with E-state index in [2.05, 4.69) is 11.4 Å². The van der Waals surface area contributed by atoms with E-state index in [4.69, 9.17) is 10.5 Å². The van der Waals surface area contributed by atoms with Gasteiger partial charge in [-0.1, -0.05) is 48.0 Å². The molecular weight excluding hydrogens is 392 g/mol. The van der Waals surface area contributed by atoms with Gasteiger partial charge in [-0.05, 0) is 25.5 Å². The molecule has 0 bridgehead atoms. The standard InChI is InChI=1S/C24H20N4O3/c1-13-8-9-18-16(10-13)24(23(30)27-18)17(11-25)21(26)31-19-12-28(22(29)20(19)24)14(2)15-6-4-3-5-7-15/h3-10,14H,12,26H2,1-2H3,(H,27,30)/t14-,24-/m0/s1. The molecule has 154 valence electrons. The Morgan fingerprint density at radius 1 is 1.23 bits per heavy atom. The van der Waals surface area contributed by atoms with Gasteiger partial charge in [0.15, 0.2) is 5.41 Å². The van der Waals surface area contributed by atoms with Gasteiger partial charge in [-0.2, -0.15) is 5.26 Å². The Bertz CT molecular complexity index is 1260. The molecule has 0 unspecified atom stereocenters. The largest absolute Gasteiger partial charge is 0.442 e. The molecule has 3 heterocycles. The number of carbonyl (C=O) groups excluding carboxylic acids is 2. The first-order valence-corrected chi connectivity index (χ1v) is 10.00. The lowest BCUT2D eigenvalue weighted by atomic mass is 9.68. The zero-order chi connectivity index (χ0) is 21.9. The van der Waals surface area contributed by atoms with Crippen LogP contribution in [0.3, 0.4) is 0 Å². The lowest BCUT2D eigenvalue weighted by Crippen LogP contribution is -2.45. The van der Waals surface area contributed by atoms with Crippen molar-refractivity contribution in [1.82, 2.24) is 4.90 Å². The Morgan fingerprint density at radius 3 is 2.68 bits per heavy atom. The summed E-state index contributed by atoms with van der Waals surface area (Å²) in [6.45, 7) is 3.98. The van der Waals surface area contributed by atoms with Crippen LogP contribution in [0.5, 0.6) is 0 Å². The van der Waals surface area contributed by atoms with Gasteiger partial charge >= 0.3 is 0 Å². The summed E-state index contributed by atoms with van der Waals surface area (Å²) in [5.41, 5.74) is 7.59. The van der Waals surface area contributed by atoms with Gasteiger partial charge in [-0.3, -0.25) is 9.59 Å². The number of nitrogens with two attached hydrogens (primary N) is 1. The van der Waals surface area contributed by atoms with E-state index in [1.807, 2.05) is 56.3 Å². The zero-order valence-electron chi connectivity index (χ0n) is 17.1. The van der Waals surface area contributed by atoms with Crippen LogP contribution >= 0.6 is 0 Å². The molecule has 3 aliphatic rings. The average molecular weight is 412 g/mol. The number of nitrogens with one attached hydrogen (secondary N) is 1. The van der Waals surface area contributed by atoms with Crippen molar-refractivity contribution in [2.75, 3.05) is 11.9 Å². The van der Waals surface area contributed by atoms with Crippen LogP contribution in [-0.2, 0) is 19.7 Å². The minimum absolute atomic E-state index is 0.0596. The number of aryl methyl sites for hydroxylation is 1. The number of carbonyl (C=O) groups is 2. The number of hydrogen-bond acceptors (Lipinski definition) is 5. The summed E-state index contributed by atoms with van der Waals surface area (Å²) in [6.07, 6.45) is 0. The molecule has 1 spiro atoms. The van der Waals surface area contributed by atoms with E-state index in [1.165, 1.54) is 0 Å². The summed E-state index contributed by atoms with van der Waals surface area (Å²) in [7, 11) is 0. The maximum atomic E-state index is 13.8. The maximum absolute atomic E-state index is 13.8. The van der Waals surface area contributed by atoms with Crippen LogP contribution in [0, 0.1) is 18.3 Å². The van der Waals surface area contributed by atoms with Crippen LogP contribution in [0.4, 0.5) is 5.69 Å². The SMILES string of the molecule is Cc1ccc2c(c1)[C@]1(C(=O)N2)C(C#N)=C(N)OC2=C1C(=O)N([C@@H](C)c1ccccc1)C2. The molecule has 2 aromatic rings. The number of amides is 2. The van der Waals surface area contributed by atoms with Gasteiger partial charge in [0.2, 0.25) is 11.8 Å². The average Bonchev–Trinajstić information content (AvgIpc) is 3.23. The van der Waals surface area contributed by atoms with E-state index in [0.717, 1.165) is 11.1 Å². The molecule has 0 saturated carbocycles. The summed E-state index contributed by atoms with van der Waals surface area (Å²) in [6, 6.07) is 16.9. The Balaban J connectivity index is 1.70. The van der Waals surface area contributed by atoms with Crippen molar-refractivity contribution in [3.05, 3.63) is 88.0 Å².